The van der Waals surface area contributed by atoms with Gasteiger partial charge in [0, 0.05) is 32.7 Å². The fraction of sp³-hybridized carbons (Fsp3) is 0.500. The lowest BCUT2D eigenvalue weighted by Gasteiger charge is -2.25. The Morgan fingerprint density at radius 3 is 2.31 bits per heavy atom. The highest BCUT2D eigenvalue weighted by Gasteiger charge is 2.18. The van der Waals surface area contributed by atoms with Crippen LogP contribution in [0.3, 0.4) is 0 Å². The van der Waals surface area contributed by atoms with E-state index in [-0.39, 0.29) is 6.04 Å². The number of rotatable bonds is 8. The summed E-state index contributed by atoms with van der Waals surface area (Å²) in [5, 5.41) is 12.6. The maximum atomic E-state index is 9.31. The van der Waals surface area contributed by atoms with Crippen LogP contribution in [0.4, 0.5) is 11.6 Å². The number of likely N-dealkylation sites (N-methyl/N-ethyl adjacent to an activating group) is 1. The standard InChI is InChI=1S/C20H29N5O/c1-14(2)11-19-23-17(12-21)20(26-19)22-13-18(25(5)6)15-7-9-16(10-8-15)24(3)4/h7-10,14,18,22H,11,13H2,1-6H3/t18-/m0/s1. The molecule has 0 bridgehead atoms. The minimum absolute atomic E-state index is 0.149. The van der Waals surface area contributed by atoms with Crippen molar-refractivity contribution in [1.82, 2.24) is 9.88 Å². The molecular formula is C20H29N5O. The monoisotopic (exact) mass is 355 g/mol. The number of nitrogens with one attached hydrogen (secondary N) is 1. The Kier molecular flexibility index (Phi) is 6.64. The molecule has 0 aliphatic carbocycles. The first-order valence-corrected chi connectivity index (χ1v) is 8.89. The molecule has 6 heteroatoms. The summed E-state index contributed by atoms with van der Waals surface area (Å²) in [6, 6.07) is 10.8. The Morgan fingerprint density at radius 1 is 1.15 bits per heavy atom. The summed E-state index contributed by atoms with van der Waals surface area (Å²) in [7, 11) is 8.15. The summed E-state index contributed by atoms with van der Waals surface area (Å²) in [5.41, 5.74) is 2.69. The van der Waals surface area contributed by atoms with E-state index in [1.165, 1.54) is 11.3 Å². The van der Waals surface area contributed by atoms with Crippen LogP contribution in [-0.2, 0) is 6.42 Å². The predicted molar refractivity (Wildman–Crippen MR) is 105 cm³/mol. The molecule has 0 fully saturated rings. The molecule has 0 aliphatic rings. The number of benzene rings is 1. The van der Waals surface area contributed by atoms with Crippen LogP contribution in [0.2, 0.25) is 0 Å². The number of anilines is 2. The van der Waals surface area contributed by atoms with Crippen LogP contribution >= 0.6 is 0 Å². The van der Waals surface area contributed by atoms with Crippen molar-refractivity contribution in [3.8, 4) is 6.07 Å². The molecule has 140 valence electrons. The van der Waals surface area contributed by atoms with E-state index >= 15 is 0 Å². The van der Waals surface area contributed by atoms with Crippen molar-refractivity contribution < 1.29 is 4.42 Å². The Hall–Kier alpha value is -2.52. The van der Waals surface area contributed by atoms with Gasteiger partial charge in [0.2, 0.25) is 11.6 Å². The first-order chi connectivity index (χ1) is 12.3. The minimum atomic E-state index is 0.149. The molecule has 2 rings (SSSR count). The second kappa shape index (κ2) is 8.72. The van der Waals surface area contributed by atoms with Gasteiger partial charge in [-0.15, -0.1) is 0 Å². The summed E-state index contributed by atoms with van der Waals surface area (Å²) >= 11 is 0. The Bertz CT molecular complexity index is 741. The molecule has 0 spiro atoms. The van der Waals surface area contributed by atoms with Crippen molar-refractivity contribution in [3.63, 3.8) is 0 Å². The number of hydrogen-bond acceptors (Lipinski definition) is 6. The van der Waals surface area contributed by atoms with Gasteiger partial charge in [-0.25, -0.2) is 4.98 Å². The van der Waals surface area contributed by atoms with Gasteiger partial charge in [0.1, 0.15) is 6.07 Å². The molecule has 0 aliphatic heterocycles. The number of aromatic nitrogens is 1. The lowest BCUT2D eigenvalue weighted by molar-refractivity contribution is 0.310. The first-order valence-electron chi connectivity index (χ1n) is 8.89. The molecule has 0 amide bonds. The van der Waals surface area contributed by atoms with Gasteiger partial charge in [0.15, 0.2) is 5.89 Å². The fourth-order valence-electron chi connectivity index (χ4n) is 2.78. The smallest absolute Gasteiger partial charge is 0.232 e. The van der Waals surface area contributed by atoms with Gasteiger partial charge in [-0.3, -0.25) is 0 Å². The van der Waals surface area contributed by atoms with E-state index in [0.29, 0.717) is 29.9 Å². The summed E-state index contributed by atoms with van der Waals surface area (Å²) in [5.74, 6) is 1.49. The largest absolute Gasteiger partial charge is 0.424 e. The van der Waals surface area contributed by atoms with Gasteiger partial charge in [-0.05, 0) is 37.7 Å². The highest BCUT2D eigenvalue weighted by molar-refractivity contribution is 5.48. The van der Waals surface area contributed by atoms with Crippen LogP contribution in [0.1, 0.15) is 37.0 Å². The van der Waals surface area contributed by atoms with Crippen LogP contribution in [0.5, 0.6) is 0 Å². The van der Waals surface area contributed by atoms with Crippen molar-refractivity contribution in [2.75, 3.05) is 45.0 Å². The highest BCUT2D eigenvalue weighted by atomic mass is 16.4. The van der Waals surface area contributed by atoms with Crippen molar-refractivity contribution in [3.05, 3.63) is 41.4 Å². The number of nitrogens with zero attached hydrogens (tertiary/aromatic N) is 4. The number of hydrogen-bond donors (Lipinski definition) is 1. The van der Waals surface area contributed by atoms with Gasteiger partial charge in [-0.2, -0.15) is 5.26 Å². The molecule has 1 aromatic heterocycles. The van der Waals surface area contributed by atoms with E-state index in [1.54, 1.807) is 0 Å². The molecule has 0 saturated heterocycles. The fourth-order valence-corrected chi connectivity index (χ4v) is 2.78. The predicted octanol–water partition coefficient (Wildman–Crippen LogP) is 3.53. The second-order valence-corrected chi connectivity index (χ2v) is 7.34. The third-order valence-electron chi connectivity index (χ3n) is 4.23. The number of nitriles is 1. The Balaban J connectivity index is 2.14. The quantitative estimate of drug-likeness (QED) is 0.781. The normalized spacial score (nSPS) is 12.3. The van der Waals surface area contributed by atoms with Gasteiger partial charge in [-0.1, -0.05) is 26.0 Å². The molecular weight excluding hydrogens is 326 g/mol. The summed E-state index contributed by atoms with van der Waals surface area (Å²) in [4.78, 5) is 8.51. The second-order valence-electron chi connectivity index (χ2n) is 7.34. The van der Waals surface area contributed by atoms with Crippen LogP contribution in [0.15, 0.2) is 28.7 Å². The van der Waals surface area contributed by atoms with E-state index in [4.69, 9.17) is 4.42 Å². The van der Waals surface area contributed by atoms with E-state index in [1.807, 2.05) is 28.2 Å². The average Bonchev–Trinajstić information content (AvgIpc) is 2.96. The van der Waals surface area contributed by atoms with Crippen molar-refractivity contribution >= 4 is 11.6 Å². The van der Waals surface area contributed by atoms with Crippen molar-refractivity contribution in [2.45, 2.75) is 26.3 Å². The molecule has 1 N–H and O–H groups in total. The van der Waals surface area contributed by atoms with Crippen LogP contribution in [-0.4, -0.2) is 44.6 Å². The lowest BCUT2D eigenvalue weighted by atomic mass is 10.1. The highest BCUT2D eigenvalue weighted by Crippen LogP contribution is 2.24. The van der Waals surface area contributed by atoms with E-state index < -0.39 is 0 Å². The van der Waals surface area contributed by atoms with Crippen molar-refractivity contribution in [2.24, 2.45) is 5.92 Å². The van der Waals surface area contributed by atoms with E-state index in [9.17, 15) is 5.26 Å². The zero-order valence-electron chi connectivity index (χ0n) is 16.6. The van der Waals surface area contributed by atoms with Gasteiger partial charge in [0.25, 0.3) is 0 Å². The molecule has 0 unspecified atom stereocenters. The maximum absolute atomic E-state index is 9.31. The molecule has 0 radical (unpaired) electrons. The topological polar surface area (TPSA) is 68.3 Å². The SMILES string of the molecule is CC(C)Cc1nc(C#N)c(NC[C@@H](c2ccc(N(C)C)cc2)N(C)C)o1. The van der Waals surface area contributed by atoms with Crippen LogP contribution in [0, 0.1) is 17.2 Å². The summed E-state index contributed by atoms with van der Waals surface area (Å²) < 4.78 is 5.76. The molecule has 6 nitrogen and oxygen atoms in total. The zero-order chi connectivity index (χ0) is 19.3. The third-order valence-corrected chi connectivity index (χ3v) is 4.23. The Morgan fingerprint density at radius 2 is 1.81 bits per heavy atom. The molecule has 1 aromatic carbocycles. The molecule has 1 heterocycles. The number of oxazole rings is 1. The third kappa shape index (κ3) is 4.99. The Labute approximate surface area is 156 Å². The van der Waals surface area contributed by atoms with Crippen LogP contribution < -0.4 is 10.2 Å². The van der Waals surface area contributed by atoms with Gasteiger partial charge in [0.05, 0.1) is 6.04 Å². The van der Waals surface area contributed by atoms with Gasteiger partial charge < -0.3 is 19.5 Å². The van der Waals surface area contributed by atoms with Gasteiger partial charge >= 0.3 is 0 Å². The van der Waals surface area contributed by atoms with E-state index in [0.717, 1.165) is 6.42 Å². The molecule has 1 atom stereocenters. The molecule has 26 heavy (non-hydrogen) atoms. The lowest BCUT2D eigenvalue weighted by Crippen LogP contribution is -2.27. The minimum Gasteiger partial charge on any atom is -0.424 e. The van der Waals surface area contributed by atoms with Crippen LogP contribution in [0.25, 0.3) is 0 Å². The summed E-state index contributed by atoms with van der Waals surface area (Å²) in [6.45, 7) is 4.82. The molecule has 2 aromatic rings. The summed E-state index contributed by atoms with van der Waals surface area (Å²) in [6.07, 6.45) is 0.722. The zero-order valence-corrected chi connectivity index (χ0v) is 16.6. The molecule has 0 saturated carbocycles. The first kappa shape index (κ1) is 19.8. The van der Waals surface area contributed by atoms with E-state index in [2.05, 4.69) is 64.3 Å². The maximum Gasteiger partial charge on any atom is 0.232 e. The van der Waals surface area contributed by atoms with Crippen molar-refractivity contribution in [1.29, 1.82) is 5.26 Å². The average molecular weight is 355 g/mol.